The van der Waals surface area contributed by atoms with Crippen LogP contribution in [0.25, 0.3) is 0 Å². The average Bonchev–Trinajstić information content (AvgIpc) is 3.21. The van der Waals surface area contributed by atoms with E-state index in [1.807, 2.05) is 7.05 Å². The summed E-state index contributed by atoms with van der Waals surface area (Å²) in [5, 5.41) is 7.09. The smallest absolute Gasteiger partial charge is 0.191 e. The number of hydrogen-bond donors (Lipinski definition) is 2. The van der Waals surface area contributed by atoms with E-state index in [0.29, 0.717) is 0 Å². The zero-order valence-corrected chi connectivity index (χ0v) is 19.4. The van der Waals surface area contributed by atoms with E-state index in [4.69, 9.17) is 0 Å². The first-order chi connectivity index (χ1) is 12.7. The lowest BCUT2D eigenvalue weighted by molar-refractivity contribution is 0.220. The van der Waals surface area contributed by atoms with Gasteiger partial charge in [0.2, 0.25) is 0 Å². The fraction of sp³-hybridized carbons (Fsp3) is 0.667. The number of aliphatic imine (C=N–C) groups is 1. The van der Waals surface area contributed by atoms with Crippen molar-refractivity contribution >= 4 is 35.6 Å². The van der Waals surface area contributed by atoms with Gasteiger partial charge in [-0.3, -0.25) is 4.99 Å². The Bertz CT molecular complexity index is 592. The monoisotopic (exact) mass is 485 g/mol. The molecule has 2 saturated heterocycles. The molecule has 3 rings (SSSR count). The molecule has 1 unspecified atom stereocenters. The maximum absolute atomic E-state index is 4.43. The van der Waals surface area contributed by atoms with E-state index in [1.54, 1.807) is 0 Å². The van der Waals surface area contributed by atoms with Gasteiger partial charge in [-0.1, -0.05) is 12.1 Å². The van der Waals surface area contributed by atoms with Crippen molar-refractivity contribution in [1.29, 1.82) is 0 Å². The number of likely N-dealkylation sites (tertiary alicyclic amines) is 1. The molecule has 0 aliphatic carbocycles. The lowest BCUT2D eigenvalue weighted by atomic mass is 9.97. The summed E-state index contributed by atoms with van der Waals surface area (Å²) in [4.78, 5) is 9.33. The van der Waals surface area contributed by atoms with Crippen molar-refractivity contribution in [3.05, 3.63) is 29.8 Å². The molecule has 1 atom stereocenters. The van der Waals surface area contributed by atoms with Crippen LogP contribution in [0, 0.1) is 5.92 Å². The van der Waals surface area contributed by atoms with Gasteiger partial charge in [0.25, 0.3) is 0 Å². The highest BCUT2D eigenvalue weighted by atomic mass is 127. The first-order valence-corrected chi connectivity index (χ1v) is 10.2. The van der Waals surface area contributed by atoms with Crippen molar-refractivity contribution in [3.63, 3.8) is 0 Å². The lowest BCUT2D eigenvalue weighted by Crippen LogP contribution is -2.43. The first-order valence-electron chi connectivity index (χ1n) is 10.2. The maximum Gasteiger partial charge on any atom is 0.191 e. The highest BCUT2D eigenvalue weighted by Crippen LogP contribution is 2.24. The molecule has 152 valence electrons. The minimum atomic E-state index is 0. The van der Waals surface area contributed by atoms with Crippen LogP contribution in [0.3, 0.4) is 0 Å². The van der Waals surface area contributed by atoms with E-state index in [0.717, 1.165) is 18.4 Å². The van der Waals surface area contributed by atoms with E-state index in [9.17, 15) is 0 Å². The molecule has 2 fully saturated rings. The second-order valence-corrected chi connectivity index (χ2v) is 7.85. The number of guanidine groups is 1. The molecule has 0 saturated carbocycles. The third-order valence-electron chi connectivity index (χ3n) is 5.81. The van der Waals surface area contributed by atoms with Crippen LogP contribution >= 0.6 is 24.0 Å². The Kier molecular flexibility index (Phi) is 9.15. The van der Waals surface area contributed by atoms with Gasteiger partial charge in [0.15, 0.2) is 5.96 Å². The van der Waals surface area contributed by atoms with E-state index in [2.05, 4.69) is 63.7 Å². The Balaban J connectivity index is 0.00000261. The van der Waals surface area contributed by atoms with E-state index < -0.39 is 0 Å². The highest BCUT2D eigenvalue weighted by molar-refractivity contribution is 14.0. The standard InChI is InChI=1S/C21H35N5.HI/c1-17(19-7-6-8-20(15-19)26-11-4-5-12-26)24-21(22-2)23-16-18-9-13-25(3)14-10-18;/h6-8,15,17-18H,4-5,9-14,16H2,1-3H3,(H2,22,23,24);1H. The first kappa shape index (κ1) is 22.3. The molecule has 0 bridgehead atoms. The summed E-state index contributed by atoms with van der Waals surface area (Å²) in [5.41, 5.74) is 2.67. The Hall–Kier alpha value is -1.02. The molecule has 0 spiro atoms. The van der Waals surface area contributed by atoms with Gasteiger partial charge in [-0.25, -0.2) is 0 Å². The molecule has 6 heteroatoms. The van der Waals surface area contributed by atoms with Crippen molar-refractivity contribution in [1.82, 2.24) is 15.5 Å². The second kappa shape index (κ2) is 11.1. The molecule has 2 aliphatic heterocycles. The Labute approximate surface area is 182 Å². The third-order valence-corrected chi connectivity index (χ3v) is 5.81. The van der Waals surface area contributed by atoms with E-state index >= 15 is 0 Å². The van der Waals surface area contributed by atoms with E-state index in [-0.39, 0.29) is 30.0 Å². The molecular weight excluding hydrogens is 449 g/mol. The quantitative estimate of drug-likeness (QED) is 0.381. The summed E-state index contributed by atoms with van der Waals surface area (Å²) >= 11 is 0. The van der Waals surface area contributed by atoms with Crippen molar-refractivity contribution in [2.75, 3.05) is 51.7 Å². The predicted octanol–water partition coefficient (Wildman–Crippen LogP) is 3.47. The molecule has 2 N–H and O–H groups in total. The van der Waals surface area contributed by atoms with Crippen LogP contribution in [-0.4, -0.2) is 57.7 Å². The fourth-order valence-corrected chi connectivity index (χ4v) is 3.96. The van der Waals surface area contributed by atoms with Crippen LogP contribution < -0.4 is 15.5 Å². The predicted molar refractivity (Wildman–Crippen MR) is 126 cm³/mol. The van der Waals surface area contributed by atoms with Gasteiger partial charge < -0.3 is 20.4 Å². The summed E-state index contributed by atoms with van der Waals surface area (Å²) in [6.07, 6.45) is 5.17. The number of piperidine rings is 1. The zero-order valence-electron chi connectivity index (χ0n) is 17.1. The van der Waals surface area contributed by atoms with Gasteiger partial charge in [0.05, 0.1) is 6.04 Å². The summed E-state index contributed by atoms with van der Waals surface area (Å²) in [7, 11) is 4.07. The van der Waals surface area contributed by atoms with Gasteiger partial charge in [-0.15, -0.1) is 24.0 Å². The van der Waals surface area contributed by atoms with Crippen LogP contribution in [0.4, 0.5) is 5.69 Å². The molecule has 0 radical (unpaired) electrons. The number of nitrogens with one attached hydrogen (secondary N) is 2. The van der Waals surface area contributed by atoms with Gasteiger partial charge in [0.1, 0.15) is 0 Å². The Morgan fingerprint density at radius 2 is 1.89 bits per heavy atom. The topological polar surface area (TPSA) is 42.9 Å². The fourth-order valence-electron chi connectivity index (χ4n) is 3.96. The second-order valence-electron chi connectivity index (χ2n) is 7.85. The van der Waals surface area contributed by atoms with Crippen LogP contribution in [0.2, 0.25) is 0 Å². The molecule has 2 heterocycles. The maximum atomic E-state index is 4.43. The van der Waals surface area contributed by atoms with Gasteiger partial charge in [-0.05, 0) is 76.4 Å². The summed E-state index contributed by atoms with van der Waals surface area (Å²) < 4.78 is 0. The van der Waals surface area contributed by atoms with Crippen molar-refractivity contribution in [2.45, 2.75) is 38.6 Å². The van der Waals surface area contributed by atoms with Crippen LogP contribution in [0.5, 0.6) is 0 Å². The normalized spacial score (nSPS) is 20.3. The van der Waals surface area contributed by atoms with Crippen LogP contribution in [-0.2, 0) is 0 Å². The summed E-state index contributed by atoms with van der Waals surface area (Å²) in [6, 6.07) is 9.18. The Morgan fingerprint density at radius 3 is 2.56 bits per heavy atom. The number of benzene rings is 1. The largest absolute Gasteiger partial charge is 0.372 e. The van der Waals surface area contributed by atoms with Crippen molar-refractivity contribution in [3.8, 4) is 0 Å². The van der Waals surface area contributed by atoms with Crippen LogP contribution in [0.1, 0.15) is 44.2 Å². The number of anilines is 1. The molecule has 1 aromatic rings. The van der Waals surface area contributed by atoms with Gasteiger partial charge in [-0.2, -0.15) is 0 Å². The molecule has 0 amide bonds. The summed E-state index contributed by atoms with van der Waals surface area (Å²) in [6.45, 7) is 8.01. The van der Waals surface area contributed by atoms with Crippen molar-refractivity contribution < 1.29 is 0 Å². The minimum Gasteiger partial charge on any atom is -0.372 e. The van der Waals surface area contributed by atoms with Gasteiger partial charge >= 0.3 is 0 Å². The Morgan fingerprint density at radius 1 is 1.19 bits per heavy atom. The number of halogens is 1. The van der Waals surface area contributed by atoms with E-state index in [1.165, 1.54) is 63.1 Å². The molecule has 27 heavy (non-hydrogen) atoms. The number of nitrogens with zero attached hydrogens (tertiary/aromatic N) is 3. The van der Waals surface area contributed by atoms with Gasteiger partial charge in [0, 0.05) is 32.4 Å². The van der Waals surface area contributed by atoms with Crippen LogP contribution in [0.15, 0.2) is 29.3 Å². The number of hydrogen-bond acceptors (Lipinski definition) is 3. The lowest BCUT2D eigenvalue weighted by Gasteiger charge is -2.29. The molecule has 5 nitrogen and oxygen atoms in total. The highest BCUT2D eigenvalue weighted by Gasteiger charge is 2.18. The van der Waals surface area contributed by atoms with Crippen molar-refractivity contribution in [2.24, 2.45) is 10.9 Å². The molecule has 0 aromatic heterocycles. The minimum absolute atomic E-state index is 0. The average molecular weight is 485 g/mol. The molecular formula is C21H36IN5. The third kappa shape index (κ3) is 6.52. The summed E-state index contributed by atoms with van der Waals surface area (Å²) in [5.74, 6) is 1.65. The molecule has 2 aliphatic rings. The zero-order chi connectivity index (χ0) is 18.4. The molecule has 1 aromatic carbocycles. The SMILES string of the molecule is CN=C(NCC1CCN(C)CC1)NC(C)c1cccc(N2CCCC2)c1.I. The number of rotatable bonds is 5.